The van der Waals surface area contributed by atoms with Crippen molar-refractivity contribution in [1.82, 2.24) is 0 Å². The second-order valence-electron chi connectivity index (χ2n) is 3.07. The summed E-state index contributed by atoms with van der Waals surface area (Å²) in [5.74, 6) is 0. The van der Waals surface area contributed by atoms with Crippen LogP contribution in [0.15, 0.2) is 18.2 Å². The van der Waals surface area contributed by atoms with E-state index in [0.717, 1.165) is 5.02 Å². The number of fused-ring (bicyclic) bond motifs is 1. The van der Waals surface area contributed by atoms with Gasteiger partial charge in [-0.25, -0.2) is 4.79 Å². The number of hydrogen-bond donors (Lipinski definition) is 2. The van der Waals surface area contributed by atoms with Crippen LogP contribution in [-0.2, 0) is 12.8 Å². The lowest BCUT2D eigenvalue weighted by atomic mass is 10.1. The Morgan fingerprint density at radius 3 is 2.64 bits per heavy atom. The quantitative estimate of drug-likeness (QED) is 0.695. The highest BCUT2D eigenvalue weighted by atomic mass is 35.5. The average molecular weight is 214 g/mol. The maximum Gasteiger partial charge on any atom is 0.402 e. The SMILES string of the molecule is Clc1cccc2c1CCC2.NC(=O)O. The van der Waals surface area contributed by atoms with E-state index in [1.807, 2.05) is 12.1 Å². The maximum absolute atomic E-state index is 8.78. The van der Waals surface area contributed by atoms with E-state index >= 15 is 0 Å². The summed E-state index contributed by atoms with van der Waals surface area (Å²) in [6, 6.07) is 6.19. The van der Waals surface area contributed by atoms with Crippen LogP contribution in [0.25, 0.3) is 0 Å². The molecule has 3 nitrogen and oxygen atoms in total. The molecular formula is C10H12ClNO2. The summed E-state index contributed by atoms with van der Waals surface area (Å²) in [5, 5.41) is 8.15. The molecule has 0 aliphatic heterocycles. The standard InChI is InChI=1S/C9H9Cl.CH3NO2/c10-9-6-2-4-7-3-1-5-8(7)9;2-1(3)4/h2,4,6H,1,3,5H2;2H2,(H,3,4). The van der Waals surface area contributed by atoms with Crippen LogP contribution in [-0.4, -0.2) is 11.2 Å². The van der Waals surface area contributed by atoms with Gasteiger partial charge in [0, 0.05) is 5.02 Å². The van der Waals surface area contributed by atoms with Crippen LogP contribution >= 0.6 is 11.6 Å². The summed E-state index contributed by atoms with van der Waals surface area (Å²) in [5.41, 5.74) is 6.86. The fourth-order valence-corrected chi connectivity index (χ4v) is 1.86. The molecule has 0 atom stereocenters. The smallest absolute Gasteiger partial charge is 0.402 e. The molecule has 0 heterocycles. The number of benzene rings is 1. The fraction of sp³-hybridized carbons (Fsp3) is 0.300. The minimum Gasteiger partial charge on any atom is -0.465 e. The van der Waals surface area contributed by atoms with Crippen LogP contribution in [0.2, 0.25) is 5.02 Å². The average Bonchev–Trinajstić information content (AvgIpc) is 2.52. The minimum atomic E-state index is -1.33. The van der Waals surface area contributed by atoms with Gasteiger partial charge < -0.3 is 10.8 Å². The van der Waals surface area contributed by atoms with Gasteiger partial charge >= 0.3 is 6.09 Å². The van der Waals surface area contributed by atoms with Gasteiger partial charge in [0.2, 0.25) is 0 Å². The molecule has 0 unspecified atom stereocenters. The van der Waals surface area contributed by atoms with Gasteiger partial charge in [0.1, 0.15) is 0 Å². The van der Waals surface area contributed by atoms with Gasteiger partial charge in [0.15, 0.2) is 0 Å². The molecular weight excluding hydrogens is 202 g/mol. The Labute approximate surface area is 87.5 Å². The molecule has 2 rings (SSSR count). The van der Waals surface area contributed by atoms with E-state index in [9.17, 15) is 0 Å². The number of nitrogens with two attached hydrogens (primary N) is 1. The van der Waals surface area contributed by atoms with Gasteiger partial charge in [-0.15, -0.1) is 0 Å². The maximum atomic E-state index is 8.78. The molecule has 0 fully saturated rings. The van der Waals surface area contributed by atoms with Crippen molar-refractivity contribution in [3.05, 3.63) is 34.3 Å². The van der Waals surface area contributed by atoms with E-state index < -0.39 is 6.09 Å². The molecule has 1 aliphatic rings. The van der Waals surface area contributed by atoms with E-state index in [0.29, 0.717) is 0 Å². The second-order valence-corrected chi connectivity index (χ2v) is 3.48. The van der Waals surface area contributed by atoms with Crippen molar-refractivity contribution in [2.24, 2.45) is 5.73 Å². The molecule has 1 aromatic carbocycles. The molecule has 1 amide bonds. The van der Waals surface area contributed by atoms with Crippen molar-refractivity contribution in [2.45, 2.75) is 19.3 Å². The monoisotopic (exact) mass is 213 g/mol. The van der Waals surface area contributed by atoms with Crippen LogP contribution in [0.3, 0.4) is 0 Å². The molecule has 0 radical (unpaired) electrons. The predicted molar refractivity (Wildman–Crippen MR) is 55.7 cm³/mol. The molecule has 0 aromatic heterocycles. The Morgan fingerprint density at radius 1 is 1.43 bits per heavy atom. The van der Waals surface area contributed by atoms with Gasteiger partial charge in [-0.05, 0) is 36.5 Å². The first-order valence-corrected chi connectivity index (χ1v) is 4.73. The summed E-state index contributed by atoms with van der Waals surface area (Å²) in [7, 11) is 0. The lowest BCUT2D eigenvalue weighted by Crippen LogP contribution is -2.03. The zero-order valence-corrected chi connectivity index (χ0v) is 8.42. The number of primary amides is 1. The molecule has 0 spiro atoms. The summed E-state index contributed by atoms with van der Waals surface area (Å²) >= 11 is 5.97. The van der Waals surface area contributed by atoms with Gasteiger partial charge in [0.25, 0.3) is 0 Å². The fourth-order valence-electron chi connectivity index (χ4n) is 1.57. The Balaban J connectivity index is 0.000000213. The Bertz CT molecular complexity index is 335. The number of rotatable bonds is 0. The van der Waals surface area contributed by atoms with Gasteiger partial charge in [-0.2, -0.15) is 0 Å². The number of aryl methyl sites for hydroxylation is 1. The second kappa shape index (κ2) is 4.86. The lowest BCUT2D eigenvalue weighted by molar-refractivity contribution is 0.205. The van der Waals surface area contributed by atoms with E-state index in [1.54, 1.807) is 0 Å². The highest BCUT2D eigenvalue weighted by Crippen LogP contribution is 2.27. The van der Waals surface area contributed by atoms with Gasteiger partial charge in [-0.3, -0.25) is 0 Å². The molecule has 1 aromatic rings. The number of halogens is 1. The first-order valence-electron chi connectivity index (χ1n) is 4.36. The van der Waals surface area contributed by atoms with Crippen molar-refractivity contribution in [3.8, 4) is 0 Å². The lowest BCUT2D eigenvalue weighted by Gasteiger charge is -1.98. The molecule has 4 heteroatoms. The van der Waals surface area contributed by atoms with Crippen LogP contribution < -0.4 is 5.73 Å². The number of hydrogen-bond acceptors (Lipinski definition) is 1. The van der Waals surface area contributed by atoms with Crippen molar-refractivity contribution in [2.75, 3.05) is 0 Å². The summed E-state index contributed by atoms with van der Waals surface area (Å²) in [6.45, 7) is 0. The van der Waals surface area contributed by atoms with Crippen LogP contribution in [0.1, 0.15) is 17.5 Å². The minimum absolute atomic E-state index is 0.954. The Kier molecular flexibility index (Phi) is 3.77. The van der Waals surface area contributed by atoms with Crippen LogP contribution in [0.5, 0.6) is 0 Å². The van der Waals surface area contributed by atoms with E-state index in [2.05, 4.69) is 11.8 Å². The molecule has 76 valence electrons. The zero-order chi connectivity index (χ0) is 10.6. The van der Waals surface area contributed by atoms with Crippen molar-refractivity contribution >= 4 is 17.7 Å². The highest BCUT2D eigenvalue weighted by Gasteiger charge is 2.11. The Morgan fingerprint density at radius 2 is 2.07 bits per heavy atom. The largest absolute Gasteiger partial charge is 0.465 e. The Hall–Kier alpha value is -1.22. The van der Waals surface area contributed by atoms with Crippen molar-refractivity contribution in [1.29, 1.82) is 0 Å². The normalized spacial score (nSPS) is 12.6. The van der Waals surface area contributed by atoms with Gasteiger partial charge in [0.05, 0.1) is 0 Å². The zero-order valence-electron chi connectivity index (χ0n) is 7.66. The molecule has 3 N–H and O–H groups in total. The van der Waals surface area contributed by atoms with E-state index in [-0.39, 0.29) is 0 Å². The number of amides is 1. The van der Waals surface area contributed by atoms with E-state index in [4.69, 9.17) is 21.5 Å². The van der Waals surface area contributed by atoms with Gasteiger partial charge in [-0.1, -0.05) is 23.7 Å². The highest BCUT2D eigenvalue weighted by molar-refractivity contribution is 6.31. The van der Waals surface area contributed by atoms with Crippen LogP contribution in [0.4, 0.5) is 4.79 Å². The first-order chi connectivity index (χ1) is 6.61. The van der Waals surface area contributed by atoms with Crippen molar-refractivity contribution < 1.29 is 9.90 Å². The first kappa shape index (κ1) is 10.9. The third-order valence-electron chi connectivity index (χ3n) is 2.09. The third-order valence-corrected chi connectivity index (χ3v) is 2.44. The molecule has 0 bridgehead atoms. The molecule has 0 saturated carbocycles. The number of carbonyl (C=O) groups is 1. The van der Waals surface area contributed by atoms with Crippen LogP contribution in [0, 0.1) is 0 Å². The molecule has 0 saturated heterocycles. The van der Waals surface area contributed by atoms with Crippen molar-refractivity contribution in [3.63, 3.8) is 0 Å². The summed E-state index contributed by atoms with van der Waals surface area (Å²) in [4.78, 5) is 8.78. The molecule has 14 heavy (non-hydrogen) atoms. The topological polar surface area (TPSA) is 63.3 Å². The van der Waals surface area contributed by atoms with E-state index in [1.165, 1.54) is 30.4 Å². The molecule has 1 aliphatic carbocycles. The summed E-state index contributed by atoms with van der Waals surface area (Å²) in [6.07, 6.45) is 2.34. The number of carboxylic acid groups (broad SMARTS) is 1. The predicted octanol–water partition coefficient (Wildman–Crippen LogP) is 2.45. The summed E-state index contributed by atoms with van der Waals surface area (Å²) < 4.78 is 0. The third kappa shape index (κ3) is 2.92.